The summed E-state index contributed by atoms with van der Waals surface area (Å²) < 4.78 is 0. The summed E-state index contributed by atoms with van der Waals surface area (Å²) >= 11 is 5.88. The molecule has 17 heavy (non-hydrogen) atoms. The number of nitrogens with zero attached hydrogens (tertiary/aromatic N) is 3. The van der Waals surface area contributed by atoms with E-state index in [1.807, 2.05) is 0 Å². The van der Waals surface area contributed by atoms with Crippen LogP contribution in [0.25, 0.3) is 0 Å². The van der Waals surface area contributed by atoms with Crippen LogP contribution in [0.15, 0.2) is 6.07 Å². The topological polar surface area (TPSA) is 66.3 Å². The number of aryl methyl sites for hydroxylation is 1. The molecule has 0 atom stereocenters. The van der Waals surface area contributed by atoms with Gasteiger partial charge in [-0.2, -0.15) is 0 Å². The largest absolute Gasteiger partial charge is 0.481 e. The minimum atomic E-state index is -0.707. The SMILES string of the molecule is Cc1nc(Cl)cc(N2CCC(C(=O)O)CC2)n1. The molecule has 5 nitrogen and oxygen atoms in total. The second-order valence-corrected chi connectivity index (χ2v) is 4.58. The van der Waals surface area contributed by atoms with Gasteiger partial charge >= 0.3 is 5.97 Å². The zero-order chi connectivity index (χ0) is 12.4. The van der Waals surface area contributed by atoms with Crippen LogP contribution in [0.2, 0.25) is 5.15 Å². The molecule has 1 aromatic rings. The van der Waals surface area contributed by atoms with E-state index in [0.717, 1.165) is 5.82 Å². The van der Waals surface area contributed by atoms with Gasteiger partial charge in [0, 0.05) is 19.2 Å². The number of carboxylic acids is 1. The minimum Gasteiger partial charge on any atom is -0.481 e. The maximum atomic E-state index is 10.8. The Hall–Kier alpha value is -1.36. The number of piperidine rings is 1. The maximum absolute atomic E-state index is 10.8. The molecule has 0 bridgehead atoms. The van der Waals surface area contributed by atoms with E-state index < -0.39 is 5.97 Å². The standard InChI is InChI=1S/C11H14ClN3O2/c1-7-13-9(12)6-10(14-7)15-4-2-8(3-5-15)11(16)17/h6,8H,2-5H2,1H3,(H,16,17). The van der Waals surface area contributed by atoms with Crippen molar-refractivity contribution < 1.29 is 9.90 Å². The summed E-state index contributed by atoms with van der Waals surface area (Å²) in [5.74, 6) is 0.477. The predicted octanol–water partition coefficient (Wildman–Crippen LogP) is 1.74. The van der Waals surface area contributed by atoms with Crippen molar-refractivity contribution in [2.75, 3.05) is 18.0 Å². The van der Waals surface area contributed by atoms with Crippen LogP contribution in [0.1, 0.15) is 18.7 Å². The Bertz CT molecular complexity index is 410. The van der Waals surface area contributed by atoms with Gasteiger partial charge in [0.05, 0.1) is 5.92 Å². The summed E-state index contributed by atoms with van der Waals surface area (Å²) in [5, 5.41) is 9.34. The third-order valence-corrected chi connectivity index (χ3v) is 3.15. The highest BCUT2D eigenvalue weighted by molar-refractivity contribution is 6.29. The fraction of sp³-hybridized carbons (Fsp3) is 0.545. The zero-order valence-corrected chi connectivity index (χ0v) is 10.3. The normalized spacial score (nSPS) is 17.2. The van der Waals surface area contributed by atoms with Gasteiger partial charge in [-0.1, -0.05) is 11.6 Å². The highest BCUT2D eigenvalue weighted by atomic mass is 35.5. The van der Waals surface area contributed by atoms with Crippen LogP contribution in [-0.4, -0.2) is 34.1 Å². The van der Waals surface area contributed by atoms with E-state index in [-0.39, 0.29) is 5.92 Å². The number of aliphatic carboxylic acids is 1. The summed E-state index contributed by atoms with van der Waals surface area (Å²) in [6.07, 6.45) is 1.30. The van der Waals surface area contributed by atoms with E-state index in [0.29, 0.717) is 36.9 Å². The molecular weight excluding hydrogens is 242 g/mol. The van der Waals surface area contributed by atoms with Gasteiger partial charge in [0.1, 0.15) is 16.8 Å². The Morgan fingerprint density at radius 3 is 2.65 bits per heavy atom. The minimum absolute atomic E-state index is 0.232. The van der Waals surface area contributed by atoms with E-state index in [1.54, 1.807) is 13.0 Å². The third-order valence-electron chi connectivity index (χ3n) is 2.96. The Kier molecular flexibility index (Phi) is 3.47. The van der Waals surface area contributed by atoms with Crippen LogP contribution >= 0.6 is 11.6 Å². The molecule has 1 N–H and O–H groups in total. The molecule has 1 aromatic heterocycles. The number of rotatable bonds is 2. The molecule has 0 aromatic carbocycles. The first kappa shape index (κ1) is 12.1. The number of hydrogen-bond donors (Lipinski definition) is 1. The van der Waals surface area contributed by atoms with E-state index in [9.17, 15) is 4.79 Å². The van der Waals surface area contributed by atoms with E-state index in [4.69, 9.17) is 16.7 Å². The number of hydrogen-bond acceptors (Lipinski definition) is 4. The smallest absolute Gasteiger partial charge is 0.306 e. The lowest BCUT2D eigenvalue weighted by Crippen LogP contribution is -2.36. The van der Waals surface area contributed by atoms with Crippen LogP contribution in [0.4, 0.5) is 5.82 Å². The third kappa shape index (κ3) is 2.85. The average molecular weight is 256 g/mol. The molecule has 0 amide bonds. The van der Waals surface area contributed by atoms with Gasteiger partial charge in [-0.25, -0.2) is 9.97 Å². The van der Waals surface area contributed by atoms with Gasteiger partial charge in [-0.15, -0.1) is 0 Å². The molecule has 2 rings (SSSR count). The molecule has 6 heteroatoms. The van der Waals surface area contributed by atoms with E-state index in [1.165, 1.54) is 0 Å². The first-order valence-corrected chi connectivity index (χ1v) is 5.93. The molecule has 1 aliphatic rings. The zero-order valence-electron chi connectivity index (χ0n) is 9.56. The van der Waals surface area contributed by atoms with Gasteiger partial charge in [-0.3, -0.25) is 4.79 Å². The Morgan fingerprint density at radius 1 is 1.47 bits per heavy atom. The fourth-order valence-corrected chi connectivity index (χ4v) is 2.25. The number of carbonyl (C=O) groups is 1. The van der Waals surface area contributed by atoms with Gasteiger partial charge in [0.25, 0.3) is 0 Å². The van der Waals surface area contributed by atoms with Crippen molar-refractivity contribution >= 4 is 23.4 Å². The summed E-state index contributed by atoms with van der Waals surface area (Å²) in [6, 6.07) is 1.72. The van der Waals surface area contributed by atoms with Crippen LogP contribution in [0.5, 0.6) is 0 Å². The molecule has 1 aliphatic heterocycles. The summed E-state index contributed by atoms with van der Waals surface area (Å²) in [7, 11) is 0. The maximum Gasteiger partial charge on any atom is 0.306 e. The summed E-state index contributed by atoms with van der Waals surface area (Å²) in [4.78, 5) is 21.2. The van der Waals surface area contributed by atoms with Crippen molar-refractivity contribution in [3.63, 3.8) is 0 Å². The molecule has 92 valence electrons. The molecule has 1 fully saturated rings. The average Bonchev–Trinajstić information content (AvgIpc) is 2.28. The van der Waals surface area contributed by atoms with Crippen molar-refractivity contribution in [2.45, 2.75) is 19.8 Å². The number of carboxylic acid groups (broad SMARTS) is 1. The number of halogens is 1. The Balaban J connectivity index is 2.07. The van der Waals surface area contributed by atoms with E-state index in [2.05, 4.69) is 14.9 Å². The van der Waals surface area contributed by atoms with Crippen molar-refractivity contribution in [1.82, 2.24) is 9.97 Å². The lowest BCUT2D eigenvalue weighted by Gasteiger charge is -2.31. The molecule has 0 radical (unpaired) electrons. The van der Waals surface area contributed by atoms with Gasteiger partial charge in [0.15, 0.2) is 0 Å². The van der Waals surface area contributed by atoms with Crippen LogP contribution in [0.3, 0.4) is 0 Å². The molecule has 0 spiro atoms. The van der Waals surface area contributed by atoms with Crippen molar-refractivity contribution in [3.05, 3.63) is 17.0 Å². The molecule has 0 unspecified atom stereocenters. The molecular formula is C11H14ClN3O2. The molecule has 0 aliphatic carbocycles. The molecule has 1 saturated heterocycles. The summed E-state index contributed by atoms with van der Waals surface area (Å²) in [6.45, 7) is 3.19. The van der Waals surface area contributed by atoms with Gasteiger partial charge in [0.2, 0.25) is 0 Å². The lowest BCUT2D eigenvalue weighted by molar-refractivity contribution is -0.142. The van der Waals surface area contributed by atoms with Gasteiger partial charge < -0.3 is 10.0 Å². The van der Waals surface area contributed by atoms with Crippen LogP contribution in [-0.2, 0) is 4.79 Å². The Morgan fingerprint density at radius 2 is 2.12 bits per heavy atom. The van der Waals surface area contributed by atoms with Gasteiger partial charge in [-0.05, 0) is 19.8 Å². The van der Waals surface area contributed by atoms with Crippen molar-refractivity contribution in [2.24, 2.45) is 5.92 Å². The highest BCUT2D eigenvalue weighted by Crippen LogP contribution is 2.23. The van der Waals surface area contributed by atoms with Crippen molar-refractivity contribution in [3.8, 4) is 0 Å². The quantitative estimate of drug-likeness (QED) is 0.816. The van der Waals surface area contributed by atoms with E-state index >= 15 is 0 Å². The van der Waals surface area contributed by atoms with Crippen LogP contribution < -0.4 is 4.90 Å². The highest BCUT2D eigenvalue weighted by Gasteiger charge is 2.25. The molecule has 2 heterocycles. The second-order valence-electron chi connectivity index (χ2n) is 4.20. The van der Waals surface area contributed by atoms with Crippen LogP contribution in [0, 0.1) is 12.8 Å². The molecule has 0 saturated carbocycles. The first-order valence-electron chi connectivity index (χ1n) is 5.55. The first-order chi connectivity index (χ1) is 8.06. The monoisotopic (exact) mass is 255 g/mol. The lowest BCUT2D eigenvalue weighted by atomic mass is 9.97. The predicted molar refractivity (Wildman–Crippen MR) is 64.4 cm³/mol. The summed E-state index contributed by atoms with van der Waals surface area (Å²) in [5.41, 5.74) is 0. The number of anilines is 1. The number of aromatic nitrogens is 2. The van der Waals surface area contributed by atoms with Crippen molar-refractivity contribution in [1.29, 1.82) is 0 Å². The fourth-order valence-electron chi connectivity index (χ4n) is 2.03. The Labute approximate surface area is 104 Å². The second kappa shape index (κ2) is 4.87.